The molecule has 3 aromatic rings. The lowest BCUT2D eigenvalue weighted by atomic mass is 10.1. The molecule has 2 nitrogen and oxygen atoms in total. The molecular formula is C16H15FN2S. The normalized spacial score (nSPS) is 11.1. The standard InChI is InChI=1S/C16H15FN2S/c1-11-3-2-4-12(9-11)7-8-19-15-6-5-13(17)10-14(15)18-16(19)20/h2-6,9-10H,7-8H2,1H3,(H,18,20). The molecule has 0 atom stereocenters. The fraction of sp³-hybridized carbons (Fsp3) is 0.188. The number of halogens is 1. The Bertz CT molecular complexity index is 817. The van der Waals surface area contributed by atoms with Gasteiger partial charge < -0.3 is 9.55 Å². The van der Waals surface area contributed by atoms with Gasteiger partial charge >= 0.3 is 0 Å². The number of imidazole rings is 1. The molecule has 102 valence electrons. The average molecular weight is 286 g/mol. The molecule has 0 aliphatic heterocycles. The highest BCUT2D eigenvalue weighted by molar-refractivity contribution is 7.71. The van der Waals surface area contributed by atoms with E-state index in [4.69, 9.17) is 12.2 Å². The molecular weight excluding hydrogens is 271 g/mol. The van der Waals surface area contributed by atoms with E-state index in [0.29, 0.717) is 4.77 Å². The fourth-order valence-corrected chi connectivity index (χ4v) is 2.77. The summed E-state index contributed by atoms with van der Waals surface area (Å²) in [6.45, 7) is 2.87. The maximum Gasteiger partial charge on any atom is 0.178 e. The number of nitrogens with one attached hydrogen (secondary N) is 1. The summed E-state index contributed by atoms with van der Waals surface area (Å²) in [5.41, 5.74) is 4.23. The molecule has 0 bridgehead atoms. The first-order valence-electron chi connectivity index (χ1n) is 6.57. The lowest BCUT2D eigenvalue weighted by Crippen LogP contribution is -2.01. The van der Waals surface area contributed by atoms with Crippen LogP contribution in [0.4, 0.5) is 4.39 Å². The highest BCUT2D eigenvalue weighted by Crippen LogP contribution is 2.16. The summed E-state index contributed by atoms with van der Waals surface area (Å²) in [4.78, 5) is 3.05. The molecule has 0 saturated carbocycles. The Morgan fingerprint density at radius 1 is 1.20 bits per heavy atom. The number of hydrogen-bond acceptors (Lipinski definition) is 1. The molecule has 0 fully saturated rings. The van der Waals surface area contributed by atoms with Crippen molar-refractivity contribution in [2.24, 2.45) is 0 Å². The minimum absolute atomic E-state index is 0.250. The van der Waals surface area contributed by atoms with Crippen LogP contribution in [0, 0.1) is 17.5 Å². The molecule has 1 N–H and O–H groups in total. The van der Waals surface area contributed by atoms with Crippen LogP contribution in [0.2, 0.25) is 0 Å². The zero-order valence-electron chi connectivity index (χ0n) is 11.2. The van der Waals surface area contributed by atoms with Gasteiger partial charge in [0.15, 0.2) is 4.77 Å². The molecule has 0 saturated heterocycles. The van der Waals surface area contributed by atoms with Crippen LogP contribution in [0.5, 0.6) is 0 Å². The maximum atomic E-state index is 13.2. The highest BCUT2D eigenvalue weighted by Gasteiger charge is 2.05. The minimum Gasteiger partial charge on any atom is -0.330 e. The van der Waals surface area contributed by atoms with Crippen molar-refractivity contribution in [1.82, 2.24) is 9.55 Å². The smallest absolute Gasteiger partial charge is 0.178 e. The average Bonchev–Trinajstić information content (AvgIpc) is 2.71. The van der Waals surface area contributed by atoms with E-state index >= 15 is 0 Å². The summed E-state index contributed by atoms with van der Waals surface area (Å²) in [7, 11) is 0. The van der Waals surface area contributed by atoms with Gasteiger partial charge in [0.1, 0.15) is 5.82 Å². The Hall–Kier alpha value is -1.94. The Kier molecular flexibility index (Phi) is 3.40. The van der Waals surface area contributed by atoms with E-state index in [1.807, 2.05) is 4.57 Å². The first kappa shape index (κ1) is 13.1. The molecule has 0 radical (unpaired) electrons. The van der Waals surface area contributed by atoms with Crippen molar-refractivity contribution in [2.75, 3.05) is 0 Å². The van der Waals surface area contributed by atoms with Gasteiger partial charge in [-0.15, -0.1) is 0 Å². The van der Waals surface area contributed by atoms with Gasteiger partial charge in [-0.1, -0.05) is 29.8 Å². The maximum absolute atomic E-state index is 13.2. The Balaban J connectivity index is 1.91. The summed E-state index contributed by atoms with van der Waals surface area (Å²) in [5, 5.41) is 0. The van der Waals surface area contributed by atoms with Crippen LogP contribution in [0.25, 0.3) is 11.0 Å². The van der Waals surface area contributed by atoms with Crippen molar-refractivity contribution in [3.8, 4) is 0 Å². The van der Waals surface area contributed by atoms with Crippen LogP contribution >= 0.6 is 12.2 Å². The second-order valence-corrected chi connectivity index (χ2v) is 5.37. The first-order chi connectivity index (χ1) is 9.63. The largest absolute Gasteiger partial charge is 0.330 e. The minimum atomic E-state index is -0.250. The Morgan fingerprint density at radius 2 is 2.05 bits per heavy atom. The lowest BCUT2D eigenvalue weighted by molar-refractivity contribution is 0.629. The zero-order chi connectivity index (χ0) is 14.1. The van der Waals surface area contributed by atoms with Crippen molar-refractivity contribution in [2.45, 2.75) is 19.9 Å². The van der Waals surface area contributed by atoms with E-state index in [1.54, 1.807) is 6.07 Å². The van der Waals surface area contributed by atoms with E-state index < -0.39 is 0 Å². The molecule has 0 aliphatic carbocycles. The van der Waals surface area contributed by atoms with Crippen LogP contribution in [0.15, 0.2) is 42.5 Å². The quantitative estimate of drug-likeness (QED) is 0.708. The number of aromatic amines is 1. The topological polar surface area (TPSA) is 20.7 Å². The number of benzene rings is 2. The third-order valence-electron chi connectivity index (χ3n) is 3.44. The van der Waals surface area contributed by atoms with Crippen molar-refractivity contribution < 1.29 is 4.39 Å². The SMILES string of the molecule is Cc1cccc(CCn2c(=S)[nH]c3cc(F)ccc32)c1. The molecule has 2 aromatic carbocycles. The number of aryl methyl sites for hydroxylation is 3. The molecule has 3 rings (SSSR count). The molecule has 4 heteroatoms. The van der Waals surface area contributed by atoms with E-state index in [2.05, 4.69) is 36.2 Å². The number of H-pyrrole nitrogens is 1. The molecule has 0 spiro atoms. The highest BCUT2D eigenvalue weighted by atomic mass is 32.1. The molecule has 20 heavy (non-hydrogen) atoms. The molecule has 0 unspecified atom stereocenters. The monoisotopic (exact) mass is 286 g/mol. The van der Waals surface area contributed by atoms with Crippen molar-refractivity contribution in [3.63, 3.8) is 0 Å². The summed E-state index contributed by atoms with van der Waals surface area (Å²) >= 11 is 5.32. The van der Waals surface area contributed by atoms with Gasteiger partial charge in [0.25, 0.3) is 0 Å². The molecule has 0 amide bonds. The number of fused-ring (bicyclic) bond motifs is 1. The molecule has 0 aliphatic rings. The van der Waals surface area contributed by atoms with Crippen LogP contribution in [-0.4, -0.2) is 9.55 Å². The van der Waals surface area contributed by atoms with E-state index in [-0.39, 0.29) is 5.82 Å². The van der Waals surface area contributed by atoms with E-state index in [1.165, 1.54) is 23.3 Å². The van der Waals surface area contributed by atoms with E-state index in [9.17, 15) is 4.39 Å². The third kappa shape index (κ3) is 2.51. The van der Waals surface area contributed by atoms with Crippen LogP contribution in [0.1, 0.15) is 11.1 Å². The number of rotatable bonds is 3. The summed E-state index contributed by atoms with van der Waals surface area (Å²) in [6.07, 6.45) is 0.903. The molecule has 1 heterocycles. The van der Waals surface area contributed by atoms with Crippen LogP contribution in [0.3, 0.4) is 0 Å². The zero-order valence-corrected chi connectivity index (χ0v) is 12.0. The van der Waals surface area contributed by atoms with Crippen LogP contribution < -0.4 is 0 Å². The van der Waals surface area contributed by atoms with Gasteiger partial charge in [-0.25, -0.2) is 4.39 Å². The predicted octanol–water partition coefficient (Wildman–Crippen LogP) is 4.39. The van der Waals surface area contributed by atoms with Gasteiger partial charge in [-0.2, -0.15) is 0 Å². The Labute approximate surface area is 121 Å². The van der Waals surface area contributed by atoms with Crippen molar-refractivity contribution in [1.29, 1.82) is 0 Å². The van der Waals surface area contributed by atoms with Gasteiger partial charge in [-0.3, -0.25) is 0 Å². The Morgan fingerprint density at radius 3 is 2.85 bits per heavy atom. The number of nitrogens with zero attached hydrogens (tertiary/aromatic N) is 1. The fourth-order valence-electron chi connectivity index (χ4n) is 2.47. The van der Waals surface area contributed by atoms with Gasteiger partial charge in [-0.05, 0) is 49.3 Å². The first-order valence-corrected chi connectivity index (χ1v) is 6.98. The second kappa shape index (κ2) is 5.21. The summed E-state index contributed by atoms with van der Waals surface area (Å²) < 4.78 is 15.9. The van der Waals surface area contributed by atoms with Crippen LogP contribution in [-0.2, 0) is 13.0 Å². The number of hydrogen-bond donors (Lipinski definition) is 1. The van der Waals surface area contributed by atoms with Crippen molar-refractivity contribution in [3.05, 3.63) is 64.2 Å². The molecule has 1 aromatic heterocycles. The predicted molar refractivity (Wildman–Crippen MR) is 82.0 cm³/mol. The number of aromatic nitrogens is 2. The lowest BCUT2D eigenvalue weighted by Gasteiger charge is -2.05. The van der Waals surface area contributed by atoms with Crippen molar-refractivity contribution >= 4 is 23.3 Å². The van der Waals surface area contributed by atoms with Gasteiger partial charge in [0.2, 0.25) is 0 Å². The van der Waals surface area contributed by atoms with Gasteiger partial charge in [0, 0.05) is 6.54 Å². The third-order valence-corrected chi connectivity index (χ3v) is 3.77. The summed E-state index contributed by atoms with van der Waals surface area (Å²) in [5.74, 6) is -0.250. The van der Waals surface area contributed by atoms with E-state index in [0.717, 1.165) is 24.0 Å². The second-order valence-electron chi connectivity index (χ2n) is 4.98. The van der Waals surface area contributed by atoms with Gasteiger partial charge in [0.05, 0.1) is 11.0 Å². The summed E-state index contributed by atoms with van der Waals surface area (Å²) in [6, 6.07) is 13.2.